The number of carbonyl (C=O) groups is 2. The summed E-state index contributed by atoms with van der Waals surface area (Å²) in [6.45, 7) is 0. The number of nitrogens with one attached hydrogen (secondary N) is 1. The van der Waals surface area contributed by atoms with Gasteiger partial charge in [-0.1, -0.05) is 58.4 Å². The van der Waals surface area contributed by atoms with E-state index < -0.39 is 10.8 Å². The van der Waals surface area contributed by atoms with Crippen LogP contribution >= 0.6 is 15.9 Å². The van der Waals surface area contributed by atoms with Gasteiger partial charge >= 0.3 is 5.97 Å². The third kappa shape index (κ3) is 3.05. The van der Waals surface area contributed by atoms with Crippen LogP contribution in [-0.4, -0.2) is 19.0 Å². The number of para-hydroxylation sites is 1. The first-order chi connectivity index (χ1) is 11.6. The van der Waals surface area contributed by atoms with Crippen LogP contribution in [0.15, 0.2) is 59.0 Å². The number of anilines is 1. The molecule has 1 heterocycles. The summed E-state index contributed by atoms with van der Waals surface area (Å²) in [5.41, 5.74) is 1.62. The molecule has 3 rings (SSSR count). The van der Waals surface area contributed by atoms with Gasteiger partial charge in [0.15, 0.2) is 0 Å². The Labute approximate surface area is 146 Å². The van der Waals surface area contributed by atoms with E-state index in [0.717, 1.165) is 5.56 Å². The molecule has 0 saturated carbocycles. The molecule has 1 aromatic heterocycles. The second kappa shape index (κ2) is 6.88. The van der Waals surface area contributed by atoms with Gasteiger partial charge in [-0.3, -0.25) is 4.79 Å². The molecular weight excluding hydrogens is 374 g/mol. The molecule has 24 heavy (non-hydrogen) atoms. The van der Waals surface area contributed by atoms with E-state index in [1.165, 1.54) is 7.11 Å². The topological polar surface area (TPSA) is 68.5 Å². The summed E-state index contributed by atoms with van der Waals surface area (Å²) >= 11 is 3.38. The average molecular weight is 388 g/mol. The third-order valence-electron chi connectivity index (χ3n) is 3.54. The Bertz CT molecular complexity index is 888. The second-order valence-corrected chi connectivity index (χ2v) is 5.97. The van der Waals surface area contributed by atoms with Gasteiger partial charge in [-0.15, -0.1) is 0 Å². The number of hydrogen-bond donors (Lipinski definition) is 1. The molecule has 0 saturated heterocycles. The Kier molecular flexibility index (Phi) is 4.66. The first kappa shape index (κ1) is 16.3. The molecule has 1 N–H and O–H groups in total. The number of esters is 1. The van der Waals surface area contributed by atoms with E-state index in [0.29, 0.717) is 16.7 Å². The Balaban J connectivity index is 1.97. The number of hydrogen-bond acceptors (Lipinski definition) is 4. The van der Waals surface area contributed by atoms with E-state index in [-0.39, 0.29) is 11.7 Å². The average Bonchev–Trinajstić information content (AvgIpc) is 2.99. The number of ether oxygens (including phenoxy) is 1. The van der Waals surface area contributed by atoms with Crippen LogP contribution < -0.4 is 5.32 Å². The molecule has 5 nitrogen and oxygen atoms in total. The van der Waals surface area contributed by atoms with E-state index in [4.69, 9.17) is 9.15 Å². The molecule has 0 bridgehead atoms. The number of methoxy groups -OCH3 is 1. The van der Waals surface area contributed by atoms with Crippen LogP contribution in [0.4, 0.5) is 5.69 Å². The fourth-order valence-electron chi connectivity index (χ4n) is 2.37. The highest BCUT2D eigenvalue weighted by atomic mass is 79.9. The second-order valence-electron chi connectivity index (χ2n) is 5.06. The standard InChI is InChI=1S/C18H14BrNO4/c1-23-18(22)16-15(12-9-5-6-10-13(12)24-16)20-17(21)14(19)11-7-3-2-4-8-11/h2-10,14H,1H3,(H,20,21). The van der Waals surface area contributed by atoms with Gasteiger partial charge in [-0.2, -0.15) is 0 Å². The largest absolute Gasteiger partial charge is 0.463 e. The van der Waals surface area contributed by atoms with Crippen LogP contribution in [0.2, 0.25) is 0 Å². The lowest BCUT2D eigenvalue weighted by atomic mass is 10.1. The van der Waals surface area contributed by atoms with Crippen LogP contribution in [0.5, 0.6) is 0 Å². The predicted molar refractivity (Wildman–Crippen MR) is 94.3 cm³/mol. The molecule has 0 aliphatic rings. The summed E-state index contributed by atoms with van der Waals surface area (Å²) in [5, 5.41) is 3.40. The van der Waals surface area contributed by atoms with Gasteiger partial charge in [-0.25, -0.2) is 4.79 Å². The number of carbonyl (C=O) groups excluding carboxylic acids is 2. The van der Waals surface area contributed by atoms with Gasteiger partial charge in [0.2, 0.25) is 11.7 Å². The summed E-state index contributed by atoms with van der Waals surface area (Å²) in [6, 6.07) is 16.3. The Morgan fingerprint density at radius 2 is 1.75 bits per heavy atom. The Hall–Kier alpha value is -2.60. The van der Waals surface area contributed by atoms with Crippen molar-refractivity contribution in [1.82, 2.24) is 0 Å². The predicted octanol–water partition coefficient (Wildman–Crippen LogP) is 4.29. The van der Waals surface area contributed by atoms with Crippen molar-refractivity contribution in [2.24, 2.45) is 0 Å². The lowest BCUT2D eigenvalue weighted by Crippen LogP contribution is -2.18. The van der Waals surface area contributed by atoms with E-state index in [1.54, 1.807) is 24.3 Å². The fourth-order valence-corrected chi connectivity index (χ4v) is 2.79. The molecule has 0 aliphatic carbocycles. The minimum Gasteiger partial charge on any atom is -0.463 e. The maximum atomic E-state index is 12.6. The van der Waals surface area contributed by atoms with Gasteiger partial charge in [0.25, 0.3) is 0 Å². The van der Waals surface area contributed by atoms with E-state index >= 15 is 0 Å². The zero-order valence-corrected chi connectivity index (χ0v) is 14.4. The molecule has 1 atom stereocenters. The van der Waals surface area contributed by atoms with Gasteiger partial charge in [0.05, 0.1) is 7.11 Å². The van der Waals surface area contributed by atoms with Crippen molar-refractivity contribution in [3.63, 3.8) is 0 Å². The van der Waals surface area contributed by atoms with Crippen molar-refractivity contribution < 1.29 is 18.7 Å². The van der Waals surface area contributed by atoms with E-state index in [1.807, 2.05) is 30.3 Å². The highest BCUT2D eigenvalue weighted by Gasteiger charge is 2.25. The molecule has 1 amide bonds. The van der Waals surface area contributed by atoms with Crippen LogP contribution in [0.25, 0.3) is 11.0 Å². The summed E-state index contributed by atoms with van der Waals surface area (Å²) in [4.78, 5) is 24.0. The first-order valence-electron chi connectivity index (χ1n) is 7.21. The number of rotatable bonds is 4. The van der Waals surface area contributed by atoms with Crippen molar-refractivity contribution in [2.45, 2.75) is 4.83 Å². The van der Waals surface area contributed by atoms with E-state index in [9.17, 15) is 9.59 Å². The van der Waals surface area contributed by atoms with Crippen LogP contribution in [0.1, 0.15) is 20.9 Å². The Morgan fingerprint density at radius 3 is 2.46 bits per heavy atom. The normalized spacial score (nSPS) is 11.9. The number of fused-ring (bicyclic) bond motifs is 1. The summed E-state index contributed by atoms with van der Waals surface area (Å²) in [6.07, 6.45) is 0. The monoisotopic (exact) mass is 387 g/mol. The SMILES string of the molecule is COC(=O)c1oc2ccccc2c1NC(=O)C(Br)c1ccccc1. The van der Waals surface area contributed by atoms with Crippen LogP contribution in [0.3, 0.4) is 0 Å². The van der Waals surface area contributed by atoms with Gasteiger partial charge in [0, 0.05) is 5.39 Å². The lowest BCUT2D eigenvalue weighted by Gasteiger charge is -2.11. The first-order valence-corrected chi connectivity index (χ1v) is 8.13. The smallest absolute Gasteiger partial charge is 0.376 e. The van der Waals surface area contributed by atoms with Gasteiger partial charge in [-0.05, 0) is 17.7 Å². The molecule has 122 valence electrons. The molecular formula is C18H14BrNO4. The molecule has 0 spiro atoms. The Morgan fingerprint density at radius 1 is 1.08 bits per heavy atom. The highest BCUT2D eigenvalue weighted by Crippen LogP contribution is 2.33. The molecule has 0 radical (unpaired) electrons. The van der Waals surface area contributed by atoms with Crippen LogP contribution in [0, 0.1) is 0 Å². The number of amides is 1. The van der Waals surface area contributed by atoms with Crippen molar-refractivity contribution in [3.8, 4) is 0 Å². The number of benzene rings is 2. The molecule has 0 aliphatic heterocycles. The quantitative estimate of drug-likeness (QED) is 0.535. The maximum absolute atomic E-state index is 12.6. The van der Waals surface area contributed by atoms with Crippen molar-refractivity contribution in [1.29, 1.82) is 0 Å². The van der Waals surface area contributed by atoms with Gasteiger partial charge < -0.3 is 14.5 Å². The molecule has 3 aromatic rings. The summed E-state index contributed by atoms with van der Waals surface area (Å²) in [5.74, 6) is -0.981. The number of furan rings is 1. The van der Waals surface area contributed by atoms with E-state index in [2.05, 4.69) is 21.2 Å². The maximum Gasteiger partial charge on any atom is 0.376 e. The third-order valence-corrected chi connectivity index (χ3v) is 4.48. The highest BCUT2D eigenvalue weighted by molar-refractivity contribution is 9.09. The molecule has 6 heteroatoms. The van der Waals surface area contributed by atoms with Crippen molar-refractivity contribution in [3.05, 3.63) is 65.9 Å². The minimum atomic E-state index is -0.646. The summed E-state index contributed by atoms with van der Waals surface area (Å²) in [7, 11) is 1.26. The summed E-state index contributed by atoms with van der Waals surface area (Å²) < 4.78 is 10.3. The zero-order chi connectivity index (χ0) is 17.1. The van der Waals surface area contributed by atoms with Gasteiger partial charge in [0.1, 0.15) is 16.1 Å². The van der Waals surface area contributed by atoms with Crippen molar-refractivity contribution >= 4 is 44.5 Å². The molecule has 1 unspecified atom stereocenters. The molecule has 2 aromatic carbocycles. The van der Waals surface area contributed by atoms with Crippen molar-refractivity contribution in [2.75, 3.05) is 12.4 Å². The lowest BCUT2D eigenvalue weighted by molar-refractivity contribution is -0.115. The number of alkyl halides is 1. The molecule has 0 fully saturated rings. The minimum absolute atomic E-state index is 0.0280. The zero-order valence-electron chi connectivity index (χ0n) is 12.8. The fraction of sp³-hybridized carbons (Fsp3) is 0.111. The van der Waals surface area contributed by atoms with Crippen LogP contribution in [-0.2, 0) is 9.53 Å². The number of halogens is 1.